The number of hydrogen-bond donors (Lipinski definition) is 2. The van der Waals surface area contributed by atoms with Crippen molar-refractivity contribution in [3.8, 4) is 0 Å². The number of halogens is 1. The van der Waals surface area contributed by atoms with Crippen molar-refractivity contribution < 1.29 is 18.9 Å². The quantitative estimate of drug-likeness (QED) is 0.361. The number of aromatic nitrogens is 1. The molecule has 0 saturated heterocycles. The number of benzene rings is 1. The molecule has 138 valence electrons. The van der Waals surface area contributed by atoms with Crippen molar-refractivity contribution in [3.63, 3.8) is 0 Å². The fourth-order valence-electron chi connectivity index (χ4n) is 2.68. The van der Waals surface area contributed by atoms with E-state index in [9.17, 15) is 9.90 Å². The number of aliphatic hydroxyl groups is 1. The minimum absolute atomic E-state index is 0.138. The number of pyridine rings is 1. The Morgan fingerprint density at radius 1 is 1.22 bits per heavy atom. The Morgan fingerprint density at radius 3 is 2.74 bits per heavy atom. The van der Waals surface area contributed by atoms with Gasteiger partial charge in [0.1, 0.15) is 5.76 Å². The van der Waals surface area contributed by atoms with Gasteiger partial charge in [0.05, 0.1) is 24.4 Å². The number of nitrogens with one attached hydrogen (secondary N) is 1. The Labute approximate surface area is 167 Å². The predicted octanol–water partition coefficient (Wildman–Crippen LogP) is 3.25. The van der Waals surface area contributed by atoms with E-state index in [0.29, 0.717) is 33.4 Å². The van der Waals surface area contributed by atoms with Gasteiger partial charge >= 0.3 is 0 Å². The Balaban J connectivity index is 1.93. The standard InChI is InChI=1S/C20H17ClN2O3S/c21-17-8-2-1-7-16(17)19(25)18(23-9-3-5-14(12-23)13-24)20(27)22-11-15-6-4-10-26-15/h1-10,12,18,24H,11,13H2/p+1/t18-/m1/s1. The zero-order chi connectivity index (χ0) is 19.2. The summed E-state index contributed by atoms with van der Waals surface area (Å²) in [7, 11) is 0. The molecule has 0 aliphatic heterocycles. The number of Topliss-reactive ketones (excluding diaryl/α,β-unsaturated/α-hetero) is 1. The van der Waals surface area contributed by atoms with Gasteiger partial charge in [0.2, 0.25) is 5.78 Å². The molecule has 1 atom stereocenters. The number of thiocarbonyl (C=S) groups is 1. The summed E-state index contributed by atoms with van der Waals surface area (Å²) >= 11 is 11.8. The second-order valence-corrected chi connectivity index (χ2v) is 6.71. The van der Waals surface area contributed by atoms with Crippen molar-refractivity contribution in [1.29, 1.82) is 0 Å². The third-order valence-corrected chi connectivity index (χ3v) is 4.71. The Kier molecular flexibility index (Phi) is 6.34. The fraction of sp³-hybridized carbons (Fsp3) is 0.150. The van der Waals surface area contributed by atoms with Crippen molar-refractivity contribution in [3.05, 3.63) is 89.1 Å². The number of furan rings is 1. The second kappa shape index (κ2) is 8.90. The van der Waals surface area contributed by atoms with Gasteiger partial charge in [0.25, 0.3) is 6.04 Å². The molecule has 2 heterocycles. The van der Waals surface area contributed by atoms with Crippen molar-refractivity contribution in [2.75, 3.05) is 0 Å². The number of aliphatic hydroxyl groups excluding tert-OH is 1. The van der Waals surface area contributed by atoms with Crippen molar-refractivity contribution in [2.45, 2.75) is 19.2 Å². The van der Waals surface area contributed by atoms with E-state index in [2.05, 4.69) is 5.32 Å². The Bertz CT molecular complexity index is 944. The number of rotatable bonds is 7. The highest BCUT2D eigenvalue weighted by molar-refractivity contribution is 7.80. The molecule has 2 N–H and O–H groups in total. The van der Waals surface area contributed by atoms with Gasteiger partial charge in [-0.25, -0.2) is 0 Å². The van der Waals surface area contributed by atoms with Crippen LogP contribution >= 0.6 is 23.8 Å². The van der Waals surface area contributed by atoms with E-state index in [-0.39, 0.29) is 12.4 Å². The molecular weight excluding hydrogens is 384 g/mol. The largest absolute Gasteiger partial charge is 0.467 e. The smallest absolute Gasteiger partial charge is 0.270 e. The lowest BCUT2D eigenvalue weighted by Gasteiger charge is -2.15. The summed E-state index contributed by atoms with van der Waals surface area (Å²) in [6.07, 6.45) is 5.01. The van der Waals surface area contributed by atoms with Crippen LogP contribution in [0.4, 0.5) is 0 Å². The summed E-state index contributed by atoms with van der Waals surface area (Å²) < 4.78 is 6.98. The molecule has 0 bridgehead atoms. The molecule has 27 heavy (non-hydrogen) atoms. The van der Waals surface area contributed by atoms with Gasteiger partial charge in [0.15, 0.2) is 17.4 Å². The number of carbonyl (C=O) groups is 1. The van der Waals surface area contributed by atoms with Gasteiger partial charge in [0, 0.05) is 17.2 Å². The first-order valence-electron chi connectivity index (χ1n) is 8.29. The summed E-state index contributed by atoms with van der Waals surface area (Å²) in [5.74, 6) is 0.466. The molecule has 0 spiro atoms. The van der Waals surface area contributed by atoms with Gasteiger partial charge in [-0.2, -0.15) is 4.57 Å². The molecule has 3 rings (SSSR count). The summed E-state index contributed by atoms with van der Waals surface area (Å²) in [6, 6.07) is 13.2. The van der Waals surface area contributed by atoms with E-state index < -0.39 is 6.04 Å². The SMILES string of the molecule is O=C(c1ccccc1Cl)[C@H](C(=S)NCc1ccco1)[n+]1cccc(CO)c1. The van der Waals surface area contributed by atoms with Gasteiger partial charge in [-0.15, -0.1) is 0 Å². The molecule has 0 aliphatic carbocycles. The average Bonchev–Trinajstić information content (AvgIpc) is 3.20. The molecule has 5 nitrogen and oxygen atoms in total. The van der Waals surface area contributed by atoms with Gasteiger partial charge in [-0.3, -0.25) is 4.79 Å². The van der Waals surface area contributed by atoms with Crippen molar-refractivity contribution >= 4 is 34.6 Å². The first-order chi connectivity index (χ1) is 13.1. The van der Waals surface area contributed by atoms with E-state index in [1.165, 1.54) is 0 Å². The Hall–Kier alpha value is -2.54. The maximum Gasteiger partial charge on any atom is 0.270 e. The lowest BCUT2D eigenvalue weighted by Crippen LogP contribution is -2.51. The van der Waals surface area contributed by atoms with E-state index >= 15 is 0 Å². The Morgan fingerprint density at radius 2 is 2.04 bits per heavy atom. The summed E-state index contributed by atoms with van der Waals surface area (Å²) in [5.41, 5.74) is 1.05. The molecule has 2 aromatic heterocycles. The minimum Gasteiger partial charge on any atom is -0.467 e. The summed E-state index contributed by atoms with van der Waals surface area (Å²) in [4.78, 5) is 13.6. The lowest BCUT2D eigenvalue weighted by molar-refractivity contribution is -0.692. The maximum atomic E-state index is 13.2. The summed E-state index contributed by atoms with van der Waals surface area (Å²) in [5, 5.41) is 12.9. The van der Waals surface area contributed by atoms with E-state index in [4.69, 9.17) is 28.2 Å². The third kappa shape index (κ3) is 4.60. The van der Waals surface area contributed by atoms with Crippen LogP contribution in [0, 0.1) is 0 Å². The molecule has 0 saturated carbocycles. The molecule has 3 aromatic rings. The van der Waals surface area contributed by atoms with Gasteiger partial charge in [-0.05, 0) is 30.3 Å². The molecule has 0 aliphatic rings. The molecule has 0 radical (unpaired) electrons. The zero-order valence-electron chi connectivity index (χ0n) is 14.3. The normalized spacial score (nSPS) is 11.8. The molecule has 0 amide bonds. The fourth-order valence-corrected chi connectivity index (χ4v) is 3.21. The zero-order valence-corrected chi connectivity index (χ0v) is 15.9. The first-order valence-corrected chi connectivity index (χ1v) is 9.08. The number of hydrogen-bond acceptors (Lipinski definition) is 4. The molecule has 0 unspecified atom stereocenters. The number of nitrogens with zero attached hydrogens (tertiary/aromatic N) is 1. The molecule has 1 aromatic carbocycles. The van der Waals surface area contributed by atoms with Crippen LogP contribution in [0.2, 0.25) is 5.02 Å². The predicted molar refractivity (Wildman–Crippen MR) is 106 cm³/mol. The summed E-state index contributed by atoms with van der Waals surface area (Å²) in [6.45, 7) is 0.221. The lowest BCUT2D eigenvalue weighted by atomic mass is 10.0. The van der Waals surface area contributed by atoms with Gasteiger partial charge < -0.3 is 14.8 Å². The van der Waals surface area contributed by atoms with Crippen molar-refractivity contribution in [1.82, 2.24) is 5.32 Å². The van der Waals surface area contributed by atoms with Crippen LogP contribution < -0.4 is 9.88 Å². The number of carbonyl (C=O) groups excluding carboxylic acids is 1. The molecular formula is C20H18ClN2O3S+. The van der Waals surface area contributed by atoms with Crippen LogP contribution in [-0.4, -0.2) is 15.9 Å². The van der Waals surface area contributed by atoms with Crippen LogP contribution in [0.15, 0.2) is 71.6 Å². The number of ketones is 1. The molecule has 0 fully saturated rings. The van der Waals surface area contributed by atoms with E-state index in [0.717, 1.165) is 0 Å². The highest BCUT2D eigenvalue weighted by Crippen LogP contribution is 2.20. The minimum atomic E-state index is -0.804. The van der Waals surface area contributed by atoms with Gasteiger partial charge in [-0.1, -0.05) is 36.0 Å². The van der Waals surface area contributed by atoms with Crippen LogP contribution in [0.1, 0.15) is 27.7 Å². The monoisotopic (exact) mass is 401 g/mol. The van der Waals surface area contributed by atoms with Crippen LogP contribution in [-0.2, 0) is 13.2 Å². The van der Waals surface area contributed by atoms with Crippen molar-refractivity contribution in [2.24, 2.45) is 0 Å². The topological polar surface area (TPSA) is 66.4 Å². The average molecular weight is 402 g/mol. The van der Waals surface area contributed by atoms with Crippen LogP contribution in [0.25, 0.3) is 0 Å². The highest BCUT2D eigenvalue weighted by Gasteiger charge is 2.34. The first kappa shape index (κ1) is 19.2. The highest BCUT2D eigenvalue weighted by atomic mass is 35.5. The maximum absolute atomic E-state index is 13.2. The van der Waals surface area contributed by atoms with Crippen LogP contribution in [0.5, 0.6) is 0 Å². The van der Waals surface area contributed by atoms with E-state index in [1.807, 2.05) is 6.07 Å². The third-order valence-electron chi connectivity index (χ3n) is 4.02. The molecule has 7 heteroatoms. The van der Waals surface area contributed by atoms with E-state index in [1.54, 1.807) is 65.7 Å². The second-order valence-electron chi connectivity index (χ2n) is 5.86. The van der Waals surface area contributed by atoms with Crippen LogP contribution in [0.3, 0.4) is 0 Å².